The Morgan fingerprint density at radius 1 is 0.354 bits per heavy atom. The van der Waals surface area contributed by atoms with Crippen LogP contribution in [0.25, 0.3) is 77.2 Å². The van der Waals surface area contributed by atoms with Gasteiger partial charge >= 0.3 is 0 Å². The van der Waals surface area contributed by atoms with Gasteiger partial charge in [0.05, 0.1) is 45.0 Å². The van der Waals surface area contributed by atoms with E-state index in [4.69, 9.17) is 0 Å². The number of hydrogen-bond donors (Lipinski definition) is 0. The standard InChI is InChI=1S/C44H26N4/c45-27-29-24-25-31(47-40-20-7-3-15-34(40)35-16-4-8-21-41(35)47)26-39(29)33-14-2-1-13-32(33)38-19-11-12-30(28-46)44(38)48-42-22-9-5-17-36(42)37-18-6-10-23-43(37)48/h1-26H. The number of nitriles is 2. The molecule has 0 aliphatic carbocycles. The van der Waals surface area contributed by atoms with Gasteiger partial charge in [-0.05, 0) is 59.7 Å². The molecular weight excluding hydrogens is 585 g/mol. The van der Waals surface area contributed by atoms with Crippen LogP contribution in [-0.4, -0.2) is 9.13 Å². The molecule has 0 aliphatic rings. The lowest BCUT2D eigenvalue weighted by atomic mass is 9.90. The SMILES string of the molecule is N#Cc1ccc(-n2c3ccccc3c3ccccc32)cc1-c1ccccc1-c1cccc(C#N)c1-n1c2ccccc2c2ccccc21. The fourth-order valence-corrected chi connectivity index (χ4v) is 7.40. The second-order valence-corrected chi connectivity index (χ2v) is 11.9. The van der Waals surface area contributed by atoms with Gasteiger partial charge in [-0.2, -0.15) is 10.5 Å². The van der Waals surface area contributed by atoms with Crippen LogP contribution in [0.15, 0.2) is 158 Å². The van der Waals surface area contributed by atoms with Crippen LogP contribution in [0.4, 0.5) is 0 Å². The molecule has 7 aromatic carbocycles. The highest BCUT2D eigenvalue weighted by Crippen LogP contribution is 2.42. The van der Waals surface area contributed by atoms with Gasteiger partial charge in [-0.15, -0.1) is 0 Å². The summed E-state index contributed by atoms with van der Waals surface area (Å²) in [5.74, 6) is 0. The summed E-state index contributed by atoms with van der Waals surface area (Å²) in [6.45, 7) is 0. The minimum Gasteiger partial charge on any atom is -0.309 e. The first-order chi connectivity index (χ1) is 23.8. The normalized spacial score (nSPS) is 11.3. The predicted molar refractivity (Wildman–Crippen MR) is 195 cm³/mol. The number of fused-ring (bicyclic) bond motifs is 6. The quantitative estimate of drug-likeness (QED) is 0.199. The van der Waals surface area contributed by atoms with Crippen molar-refractivity contribution in [3.63, 3.8) is 0 Å². The molecule has 4 nitrogen and oxygen atoms in total. The molecule has 0 saturated carbocycles. The van der Waals surface area contributed by atoms with Crippen LogP contribution >= 0.6 is 0 Å². The highest BCUT2D eigenvalue weighted by atomic mass is 15.0. The Morgan fingerprint density at radius 3 is 1.31 bits per heavy atom. The molecule has 9 rings (SSSR count). The van der Waals surface area contributed by atoms with Gasteiger partial charge in [0, 0.05) is 38.4 Å². The Hall–Kier alpha value is -6.88. The molecule has 0 bridgehead atoms. The van der Waals surface area contributed by atoms with Crippen LogP contribution < -0.4 is 0 Å². The van der Waals surface area contributed by atoms with E-state index in [1.807, 2.05) is 48.5 Å². The van der Waals surface area contributed by atoms with Crippen molar-refractivity contribution < 1.29 is 0 Å². The smallest absolute Gasteiger partial charge is 0.101 e. The highest BCUT2D eigenvalue weighted by Gasteiger charge is 2.22. The second-order valence-electron chi connectivity index (χ2n) is 11.9. The van der Waals surface area contributed by atoms with Crippen molar-refractivity contribution in [2.24, 2.45) is 0 Å². The molecule has 9 aromatic rings. The molecular formula is C44H26N4. The zero-order chi connectivity index (χ0) is 32.2. The van der Waals surface area contributed by atoms with Gasteiger partial charge in [-0.1, -0.05) is 109 Å². The Labute approximate surface area is 277 Å². The molecule has 2 heterocycles. The van der Waals surface area contributed by atoms with Crippen LogP contribution in [0.3, 0.4) is 0 Å². The Bertz CT molecular complexity index is 2710. The number of hydrogen-bond acceptors (Lipinski definition) is 2. The summed E-state index contributed by atoms with van der Waals surface area (Å²) in [7, 11) is 0. The van der Waals surface area contributed by atoms with Crippen LogP contribution in [0, 0.1) is 22.7 Å². The third-order valence-corrected chi connectivity index (χ3v) is 9.43. The molecule has 0 aliphatic heterocycles. The Kier molecular flexibility index (Phi) is 6.22. The summed E-state index contributed by atoms with van der Waals surface area (Å²) in [6.07, 6.45) is 0. The molecule has 0 amide bonds. The zero-order valence-electron chi connectivity index (χ0n) is 25.8. The van der Waals surface area contributed by atoms with E-state index in [2.05, 4.69) is 130 Å². The van der Waals surface area contributed by atoms with E-state index in [9.17, 15) is 10.5 Å². The molecule has 0 unspecified atom stereocenters. The van der Waals surface area contributed by atoms with Gasteiger partial charge in [0.25, 0.3) is 0 Å². The maximum absolute atomic E-state index is 10.5. The van der Waals surface area contributed by atoms with E-state index in [-0.39, 0.29) is 0 Å². The molecule has 0 spiro atoms. The van der Waals surface area contributed by atoms with Crippen molar-refractivity contribution in [1.82, 2.24) is 9.13 Å². The first kappa shape index (κ1) is 27.4. The van der Waals surface area contributed by atoms with Gasteiger partial charge in [0.1, 0.15) is 6.07 Å². The number of nitrogens with zero attached hydrogens (tertiary/aromatic N) is 4. The maximum atomic E-state index is 10.5. The first-order valence-electron chi connectivity index (χ1n) is 15.9. The molecule has 4 heteroatoms. The molecule has 0 fully saturated rings. The lowest BCUT2D eigenvalue weighted by Crippen LogP contribution is -2.02. The number of benzene rings is 7. The highest BCUT2D eigenvalue weighted by molar-refractivity contribution is 6.11. The van der Waals surface area contributed by atoms with Gasteiger partial charge < -0.3 is 9.13 Å². The molecule has 222 valence electrons. The lowest BCUT2D eigenvalue weighted by molar-refractivity contribution is 1.17. The summed E-state index contributed by atoms with van der Waals surface area (Å²) in [6, 6.07) is 58.7. The van der Waals surface area contributed by atoms with E-state index in [0.717, 1.165) is 66.5 Å². The maximum Gasteiger partial charge on any atom is 0.101 e. The van der Waals surface area contributed by atoms with E-state index in [1.54, 1.807) is 0 Å². The number of para-hydroxylation sites is 5. The molecule has 0 N–H and O–H groups in total. The van der Waals surface area contributed by atoms with E-state index in [1.165, 1.54) is 10.8 Å². The van der Waals surface area contributed by atoms with Crippen molar-refractivity contribution in [1.29, 1.82) is 10.5 Å². The second kappa shape index (κ2) is 10.9. The third kappa shape index (κ3) is 4.01. The minimum atomic E-state index is 0.577. The minimum absolute atomic E-state index is 0.577. The van der Waals surface area contributed by atoms with Gasteiger partial charge in [-0.25, -0.2) is 0 Å². The van der Waals surface area contributed by atoms with Crippen molar-refractivity contribution in [3.05, 3.63) is 169 Å². The predicted octanol–water partition coefficient (Wildman–Crippen LogP) is 11.0. The molecule has 0 atom stereocenters. The Balaban J connectivity index is 1.33. The zero-order valence-corrected chi connectivity index (χ0v) is 25.8. The molecule has 0 saturated heterocycles. The van der Waals surface area contributed by atoms with Crippen molar-refractivity contribution in [2.45, 2.75) is 0 Å². The van der Waals surface area contributed by atoms with Gasteiger partial charge in [-0.3, -0.25) is 0 Å². The summed E-state index contributed by atoms with van der Waals surface area (Å²) in [5.41, 5.74) is 10.9. The summed E-state index contributed by atoms with van der Waals surface area (Å²) in [5, 5.41) is 25.6. The number of rotatable bonds is 4. The van der Waals surface area contributed by atoms with Crippen LogP contribution in [0.2, 0.25) is 0 Å². The van der Waals surface area contributed by atoms with E-state index >= 15 is 0 Å². The third-order valence-electron chi connectivity index (χ3n) is 9.43. The first-order valence-corrected chi connectivity index (χ1v) is 15.9. The topological polar surface area (TPSA) is 57.4 Å². The van der Waals surface area contributed by atoms with Crippen molar-refractivity contribution in [3.8, 4) is 45.8 Å². The fraction of sp³-hybridized carbons (Fsp3) is 0. The van der Waals surface area contributed by atoms with Crippen LogP contribution in [0.1, 0.15) is 11.1 Å². The molecule has 0 radical (unpaired) electrons. The molecule has 48 heavy (non-hydrogen) atoms. The van der Waals surface area contributed by atoms with E-state index in [0.29, 0.717) is 11.1 Å². The fourth-order valence-electron chi connectivity index (χ4n) is 7.40. The molecule has 2 aromatic heterocycles. The average Bonchev–Trinajstić information content (AvgIpc) is 3.67. The summed E-state index contributed by atoms with van der Waals surface area (Å²) < 4.78 is 4.49. The van der Waals surface area contributed by atoms with Crippen molar-refractivity contribution >= 4 is 43.6 Å². The Morgan fingerprint density at radius 2 is 0.792 bits per heavy atom. The number of aromatic nitrogens is 2. The van der Waals surface area contributed by atoms with Crippen LogP contribution in [-0.2, 0) is 0 Å². The monoisotopic (exact) mass is 610 g/mol. The van der Waals surface area contributed by atoms with Gasteiger partial charge in [0.2, 0.25) is 0 Å². The van der Waals surface area contributed by atoms with Crippen molar-refractivity contribution in [2.75, 3.05) is 0 Å². The largest absolute Gasteiger partial charge is 0.309 e. The average molecular weight is 611 g/mol. The lowest BCUT2D eigenvalue weighted by Gasteiger charge is -2.19. The van der Waals surface area contributed by atoms with Crippen LogP contribution in [0.5, 0.6) is 0 Å². The summed E-state index contributed by atoms with van der Waals surface area (Å²) in [4.78, 5) is 0. The van der Waals surface area contributed by atoms with E-state index < -0.39 is 0 Å². The summed E-state index contributed by atoms with van der Waals surface area (Å²) >= 11 is 0. The van der Waals surface area contributed by atoms with Gasteiger partial charge in [0.15, 0.2) is 0 Å².